The molecule has 0 bridgehead atoms. The topological polar surface area (TPSA) is 67.7 Å². The number of rotatable bonds is 5. The lowest BCUT2D eigenvalue weighted by Gasteiger charge is -2.34. The van der Waals surface area contributed by atoms with E-state index >= 15 is 0 Å². The zero-order chi connectivity index (χ0) is 20.9. The van der Waals surface area contributed by atoms with E-state index in [9.17, 15) is 9.59 Å². The van der Waals surface area contributed by atoms with Crippen LogP contribution in [-0.4, -0.2) is 64.1 Å². The molecule has 0 spiro atoms. The fraction of sp³-hybridized carbons (Fsp3) is 0.348. The number of hydrogen-bond donors (Lipinski definition) is 0. The maximum atomic E-state index is 12.8. The minimum Gasteiger partial charge on any atom is -0.450 e. The van der Waals surface area contributed by atoms with Crippen LogP contribution in [0.1, 0.15) is 19.2 Å². The summed E-state index contributed by atoms with van der Waals surface area (Å²) in [6.45, 7) is 4.24. The molecule has 1 aromatic heterocycles. The van der Waals surface area contributed by atoms with Crippen molar-refractivity contribution in [1.29, 1.82) is 0 Å². The highest BCUT2D eigenvalue weighted by atomic mass is 16.6. The molecule has 2 heterocycles. The van der Waals surface area contributed by atoms with Crippen LogP contribution in [0, 0.1) is 0 Å². The van der Waals surface area contributed by atoms with Crippen molar-refractivity contribution in [2.45, 2.75) is 19.8 Å². The molecule has 7 heteroatoms. The predicted octanol–water partition coefficient (Wildman–Crippen LogP) is 3.26. The van der Waals surface area contributed by atoms with Crippen LogP contribution in [0.2, 0.25) is 0 Å². The number of carbonyl (C=O) groups is 2. The van der Waals surface area contributed by atoms with Crippen LogP contribution >= 0.6 is 0 Å². The molecule has 2 aromatic carbocycles. The first kappa shape index (κ1) is 19.9. The SMILES string of the molecule is CCOC(=O)N1CCN(C(=O)CCc2nc3ccccc3n2-c2ccccc2)CC1. The van der Waals surface area contributed by atoms with Gasteiger partial charge in [0.05, 0.1) is 17.6 Å². The lowest BCUT2D eigenvalue weighted by Crippen LogP contribution is -2.50. The van der Waals surface area contributed by atoms with Gasteiger partial charge in [0.1, 0.15) is 5.82 Å². The lowest BCUT2D eigenvalue weighted by molar-refractivity contribution is -0.132. The van der Waals surface area contributed by atoms with Crippen molar-refractivity contribution < 1.29 is 14.3 Å². The van der Waals surface area contributed by atoms with Crippen molar-refractivity contribution >= 4 is 23.0 Å². The van der Waals surface area contributed by atoms with Crippen LogP contribution in [0.5, 0.6) is 0 Å². The third-order valence-electron chi connectivity index (χ3n) is 5.37. The van der Waals surface area contributed by atoms with Crippen molar-refractivity contribution in [2.24, 2.45) is 0 Å². The summed E-state index contributed by atoms with van der Waals surface area (Å²) in [7, 11) is 0. The maximum Gasteiger partial charge on any atom is 0.409 e. The Kier molecular flexibility index (Phi) is 5.97. The average Bonchev–Trinajstić information content (AvgIpc) is 3.16. The fourth-order valence-corrected chi connectivity index (χ4v) is 3.84. The van der Waals surface area contributed by atoms with Gasteiger partial charge in [-0.3, -0.25) is 9.36 Å². The summed E-state index contributed by atoms with van der Waals surface area (Å²) in [4.78, 5) is 32.9. The Bertz CT molecular complexity index is 1020. The molecular formula is C23H26N4O3. The molecule has 4 rings (SSSR count). The molecule has 30 heavy (non-hydrogen) atoms. The molecule has 0 aliphatic carbocycles. The maximum absolute atomic E-state index is 12.8. The number of hydrogen-bond acceptors (Lipinski definition) is 4. The molecule has 156 valence electrons. The number of piperazine rings is 1. The largest absolute Gasteiger partial charge is 0.450 e. The summed E-state index contributed by atoms with van der Waals surface area (Å²) in [5, 5.41) is 0. The van der Waals surface area contributed by atoms with Gasteiger partial charge < -0.3 is 14.5 Å². The lowest BCUT2D eigenvalue weighted by atomic mass is 10.2. The fourth-order valence-electron chi connectivity index (χ4n) is 3.84. The van der Waals surface area contributed by atoms with Crippen LogP contribution in [-0.2, 0) is 16.0 Å². The molecule has 1 aliphatic heterocycles. The second-order valence-corrected chi connectivity index (χ2v) is 7.25. The van der Waals surface area contributed by atoms with E-state index < -0.39 is 0 Å². The molecule has 3 aromatic rings. The Labute approximate surface area is 175 Å². The number of aromatic nitrogens is 2. The van der Waals surface area contributed by atoms with Gasteiger partial charge in [0.15, 0.2) is 0 Å². The van der Waals surface area contributed by atoms with Crippen LogP contribution in [0.15, 0.2) is 54.6 Å². The molecule has 0 radical (unpaired) electrons. The van der Waals surface area contributed by atoms with E-state index in [1.807, 2.05) is 53.4 Å². The second kappa shape index (κ2) is 8.98. The van der Waals surface area contributed by atoms with E-state index in [0.717, 1.165) is 22.5 Å². The van der Waals surface area contributed by atoms with Gasteiger partial charge in [-0.2, -0.15) is 0 Å². The van der Waals surface area contributed by atoms with Gasteiger partial charge in [-0.25, -0.2) is 9.78 Å². The van der Waals surface area contributed by atoms with E-state index in [0.29, 0.717) is 45.6 Å². The average molecular weight is 406 g/mol. The number of benzene rings is 2. The smallest absolute Gasteiger partial charge is 0.409 e. The third kappa shape index (κ3) is 4.15. The molecule has 1 fully saturated rings. The molecule has 0 N–H and O–H groups in total. The number of imidazole rings is 1. The van der Waals surface area contributed by atoms with E-state index in [1.54, 1.807) is 11.8 Å². The van der Waals surface area contributed by atoms with Gasteiger partial charge in [-0.05, 0) is 31.2 Å². The zero-order valence-corrected chi connectivity index (χ0v) is 17.2. The quantitative estimate of drug-likeness (QED) is 0.652. The minimum absolute atomic E-state index is 0.0881. The van der Waals surface area contributed by atoms with Crippen LogP contribution in [0.4, 0.5) is 4.79 Å². The highest BCUT2D eigenvalue weighted by molar-refractivity contribution is 5.79. The standard InChI is InChI=1S/C23H26N4O3/c1-2-30-23(29)26-16-14-25(15-17-26)22(28)13-12-21-24-19-10-6-7-11-20(19)27(21)18-8-4-3-5-9-18/h3-11H,2,12-17H2,1H3. The Morgan fingerprint density at radius 1 is 0.933 bits per heavy atom. The van der Waals surface area contributed by atoms with Gasteiger partial charge in [0, 0.05) is 44.7 Å². The van der Waals surface area contributed by atoms with Gasteiger partial charge in [0.2, 0.25) is 5.91 Å². The summed E-state index contributed by atoms with van der Waals surface area (Å²) < 4.78 is 7.17. The molecule has 1 aliphatic rings. The monoisotopic (exact) mass is 406 g/mol. The van der Waals surface area contributed by atoms with Gasteiger partial charge >= 0.3 is 6.09 Å². The second-order valence-electron chi connectivity index (χ2n) is 7.25. The highest BCUT2D eigenvalue weighted by Gasteiger charge is 2.25. The van der Waals surface area contributed by atoms with Crippen molar-refractivity contribution in [1.82, 2.24) is 19.4 Å². The Morgan fingerprint density at radius 2 is 1.60 bits per heavy atom. The molecule has 2 amide bonds. The summed E-state index contributed by atoms with van der Waals surface area (Å²) in [5.74, 6) is 0.964. The Morgan fingerprint density at radius 3 is 2.33 bits per heavy atom. The van der Waals surface area contributed by atoms with Crippen molar-refractivity contribution in [3.05, 3.63) is 60.4 Å². The van der Waals surface area contributed by atoms with Gasteiger partial charge in [-0.15, -0.1) is 0 Å². The molecule has 0 saturated carbocycles. The first-order valence-corrected chi connectivity index (χ1v) is 10.4. The molecule has 0 unspecified atom stereocenters. The predicted molar refractivity (Wildman–Crippen MR) is 115 cm³/mol. The Hall–Kier alpha value is -3.35. The van der Waals surface area contributed by atoms with Gasteiger partial charge in [-0.1, -0.05) is 30.3 Å². The molecular weight excluding hydrogens is 380 g/mol. The summed E-state index contributed by atoms with van der Waals surface area (Å²) in [6, 6.07) is 18.1. The zero-order valence-electron chi connectivity index (χ0n) is 17.2. The van der Waals surface area contributed by atoms with Crippen molar-refractivity contribution in [3.8, 4) is 5.69 Å². The normalized spacial score (nSPS) is 14.2. The Balaban J connectivity index is 1.44. The van der Waals surface area contributed by atoms with E-state index in [1.165, 1.54) is 0 Å². The van der Waals surface area contributed by atoms with E-state index in [2.05, 4.69) is 10.6 Å². The number of amides is 2. The number of nitrogens with zero attached hydrogens (tertiary/aromatic N) is 4. The molecule has 1 saturated heterocycles. The number of carbonyl (C=O) groups excluding carboxylic acids is 2. The van der Waals surface area contributed by atoms with Crippen LogP contribution in [0.3, 0.4) is 0 Å². The first-order chi connectivity index (χ1) is 14.7. The third-order valence-corrected chi connectivity index (χ3v) is 5.37. The first-order valence-electron chi connectivity index (χ1n) is 10.4. The van der Waals surface area contributed by atoms with Crippen molar-refractivity contribution in [3.63, 3.8) is 0 Å². The molecule has 0 atom stereocenters. The number of para-hydroxylation sites is 3. The number of aryl methyl sites for hydroxylation is 1. The van der Waals surface area contributed by atoms with E-state index in [4.69, 9.17) is 9.72 Å². The number of fused-ring (bicyclic) bond motifs is 1. The minimum atomic E-state index is -0.304. The van der Waals surface area contributed by atoms with E-state index in [-0.39, 0.29) is 12.0 Å². The van der Waals surface area contributed by atoms with Gasteiger partial charge in [0.25, 0.3) is 0 Å². The van der Waals surface area contributed by atoms with Crippen LogP contribution in [0.25, 0.3) is 16.7 Å². The summed E-state index contributed by atoms with van der Waals surface area (Å²) in [6.07, 6.45) is 0.636. The summed E-state index contributed by atoms with van der Waals surface area (Å²) in [5.41, 5.74) is 3.00. The van der Waals surface area contributed by atoms with Crippen LogP contribution < -0.4 is 0 Å². The molecule has 7 nitrogen and oxygen atoms in total. The summed E-state index contributed by atoms with van der Waals surface area (Å²) >= 11 is 0. The van der Waals surface area contributed by atoms with Crippen molar-refractivity contribution in [2.75, 3.05) is 32.8 Å². The number of ether oxygens (including phenoxy) is 1. The highest BCUT2D eigenvalue weighted by Crippen LogP contribution is 2.22.